The van der Waals surface area contributed by atoms with Gasteiger partial charge in [0.2, 0.25) is 11.9 Å². The normalized spacial score (nSPS) is 15.0. The zero-order valence-electron chi connectivity index (χ0n) is 16.2. The second-order valence-electron chi connectivity index (χ2n) is 6.66. The molecule has 0 saturated carbocycles. The van der Waals surface area contributed by atoms with Crippen molar-refractivity contribution >= 4 is 35.2 Å². The highest BCUT2D eigenvalue weighted by molar-refractivity contribution is 8.00. The number of nitrogens with one attached hydrogen (secondary N) is 1. The minimum absolute atomic E-state index is 0.0301. The predicted octanol–water partition coefficient (Wildman–Crippen LogP) is 3.15. The van der Waals surface area contributed by atoms with Gasteiger partial charge in [-0.1, -0.05) is 35.5 Å². The van der Waals surface area contributed by atoms with Crippen molar-refractivity contribution in [2.24, 2.45) is 0 Å². The van der Waals surface area contributed by atoms with Gasteiger partial charge in [-0.25, -0.2) is 0 Å². The average Bonchev–Trinajstić information content (AvgIpc) is 3.35. The van der Waals surface area contributed by atoms with E-state index in [1.165, 1.54) is 11.8 Å². The minimum Gasteiger partial charge on any atom is -0.385 e. The van der Waals surface area contributed by atoms with E-state index in [1.807, 2.05) is 35.8 Å². The molecule has 1 unspecified atom stereocenters. The summed E-state index contributed by atoms with van der Waals surface area (Å²) in [4.78, 5) is 14.6. The number of rotatable bonds is 9. The maximum Gasteiger partial charge on any atom is 0.233 e. The van der Waals surface area contributed by atoms with E-state index in [1.54, 1.807) is 7.11 Å². The summed E-state index contributed by atoms with van der Waals surface area (Å²) in [5.74, 6) is 0.748. The molecule has 9 heteroatoms. The Kier molecular flexibility index (Phi) is 7.58. The van der Waals surface area contributed by atoms with E-state index in [4.69, 9.17) is 16.3 Å². The van der Waals surface area contributed by atoms with Crippen LogP contribution >= 0.6 is 23.4 Å². The third-order valence-corrected chi connectivity index (χ3v) is 5.94. The summed E-state index contributed by atoms with van der Waals surface area (Å²) in [5.41, 5.74) is 0.825. The van der Waals surface area contributed by atoms with E-state index in [0.29, 0.717) is 23.3 Å². The quantitative estimate of drug-likeness (QED) is 0.493. The van der Waals surface area contributed by atoms with Gasteiger partial charge >= 0.3 is 0 Å². The summed E-state index contributed by atoms with van der Waals surface area (Å²) in [6, 6.07) is 7.64. The topological polar surface area (TPSA) is 72.3 Å². The Bertz CT molecular complexity index is 794. The summed E-state index contributed by atoms with van der Waals surface area (Å²) in [6.45, 7) is 4.98. The lowest BCUT2D eigenvalue weighted by atomic mass is 10.3. The lowest BCUT2D eigenvalue weighted by molar-refractivity contribution is -0.120. The van der Waals surface area contributed by atoms with Crippen LogP contribution in [0.4, 0.5) is 5.95 Å². The van der Waals surface area contributed by atoms with E-state index in [9.17, 15) is 4.79 Å². The number of thioether (sulfide) groups is 1. The summed E-state index contributed by atoms with van der Waals surface area (Å²) >= 11 is 7.85. The molecule has 1 aromatic heterocycles. The first-order valence-electron chi connectivity index (χ1n) is 9.50. The van der Waals surface area contributed by atoms with Crippen molar-refractivity contribution in [1.29, 1.82) is 0 Å². The fraction of sp³-hybridized carbons (Fsp3) is 0.526. The largest absolute Gasteiger partial charge is 0.385 e. The van der Waals surface area contributed by atoms with Gasteiger partial charge in [0.25, 0.3) is 0 Å². The van der Waals surface area contributed by atoms with Crippen LogP contribution in [-0.4, -0.2) is 59.3 Å². The fourth-order valence-corrected chi connectivity index (χ4v) is 4.19. The number of anilines is 1. The first kappa shape index (κ1) is 21.0. The Balaban J connectivity index is 1.81. The van der Waals surface area contributed by atoms with Gasteiger partial charge in [-0.15, -0.1) is 10.2 Å². The van der Waals surface area contributed by atoms with Gasteiger partial charge in [0.15, 0.2) is 5.16 Å². The highest BCUT2D eigenvalue weighted by Gasteiger charge is 2.26. The Hall–Kier alpha value is -1.77. The molecule has 1 aliphatic rings. The molecule has 1 fully saturated rings. The number of methoxy groups -OCH3 is 1. The number of ether oxygens (including phenoxy) is 1. The van der Waals surface area contributed by atoms with E-state index in [-0.39, 0.29) is 11.2 Å². The molecular weight excluding hydrogens is 398 g/mol. The van der Waals surface area contributed by atoms with Crippen LogP contribution in [0.3, 0.4) is 0 Å². The van der Waals surface area contributed by atoms with E-state index >= 15 is 0 Å². The monoisotopic (exact) mass is 423 g/mol. The predicted molar refractivity (Wildman–Crippen MR) is 113 cm³/mol. The highest BCUT2D eigenvalue weighted by Crippen LogP contribution is 2.33. The Morgan fingerprint density at radius 1 is 1.32 bits per heavy atom. The lowest BCUT2D eigenvalue weighted by Gasteiger charge is -2.19. The molecule has 1 atom stereocenters. The molecule has 1 aliphatic heterocycles. The number of halogens is 1. The van der Waals surface area contributed by atoms with Crippen molar-refractivity contribution in [3.05, 3.63) is 29.3 Å². The van der Waals surface area contributed by atoms with E-state index in [0.717, 1.165) is 44.0 Å². The molecule has 2 aromatic rings. The number of hydrogen-bond acceptors (Lipinski definition) is 6. The number of aromatic nitrogens is 3. The number of amides is 1. The molecule has 1 aromatic carbocycles. The molecule has 0 spiro atoms. The highest BCUT2D eigenvalue weighted by atomic mass is 35.5. The van der Waals surface area contributed by atoms with Crippen LogP contribution in [0.1, 0.15) is 26.2 Å². The second-order valence-corrected chi connectivity index (χ2v) is 8.38. The molecule has 0 radical (unpaired) electrons. The van der Waals surface area contributed by atoms with Crippen molar-refractivity contribution in [3.63, 3.8) is 0 Å². The second kappa shape index (κ2) is 10.1. The standard InChI is InChI=1S/C19H26ClN5O2S/c1-14(17(26)21-10-7-13-27-2)28-19-23-22-18(24-11-5-6-12-24)25(19)16-9-4-3-8-15(16)20/h3-4,8-9,14H,5-7,10-13H2,1-2H3,(H,21,26). The van der Waals surface area contributed by atoms with Gasteiger partial charge < -0.3 is 15.0 Å². The molecule has 0 bridgehead atoms. The van der Waals surface area contributed by atoms with Gasteiger partial charge in [0, 0.05) is 33.4 Å². The zero-order valence-corrected chi connectivity index (χ0v) is 17.8. The van der Waals surface area contributed by atoms with Gasteiger partial charge in [0.1, 0.15) is 0 Å². The van der Waals surface area contributed by atoms with Crippen LogP contribution in [0.2, 0.25) is 5.02 Å². The molecule has 152 valence electrons. The van der Waals surface area contributed by atoms with Gasteiger partial charge in [-0.3, -0.25) is 9.36 Å². The van der Waals surface area contributed by atoms with Crippen molar-refractivity contribution in [3.8, 4) is 5.69 Å². The van der Waals surface area contributed by atoms with Gasteiger partial charge in [0.05, 0.1) is 16.0 Å². The maximum absolute atomic E-state index is 12.4. The van der Waals surface area contributed by atoms with Crippen molar-refractivity contribution < 1.29 is 9.53 Å². The van der Waals surface area contributed by atoms with Crippen molar-refractivity contribution in [1.82, 2.24) is 20.1 Å². The first-order valence-corrected chi connectivity index (χ1v) is 10.8. The molecule has 28 heavy (non-hydrogen) atoms. The van der Waals surface area contributed by atoms with Crippen LogP contribution in [-0.2, 0) is 9.53 Å². The number of para-hydroxylation sites is 1. The fourth-order valence-electron chi connectivity index (χ4n) is 3.09. The molecule has 7 nitrogen and oxygen atoms in total. The molecule has 1 N–H and O–H groups in total. The third-order valence-electron chi connectivity index (χ3n) is 4.57. The van der Waals surface area contributed by atoms with Crippen LogP contribution < -0.4 is 10.2 Å². The van der Waals surface area contributed by atoms with E-state index in [2.05, 4.69) is 20.4 Å². The third kappa shape index (κ3) is 4.98. The number of hydrogen-bond donors (Lipinski definition) is 1. The maximum atomic E-state index is 12.4. The van der Waals surface area contributed by atoms with Crippen LogP contribution in [0, 0.1) is 0 Å². The van der Waals surface area contributed by atoms with Crippen molar-refractivity contribution in [2.75, 3.05) is 38.3 Å². The lowest BCUT2D eigenvalue weighted by Crippen LogP contribution is -2.32. The number of nitrogens with zero attached hydrogens (tertiary/aromatic N) is 4. The first-order chi connectivity index (χ1) is 13.6. The molecule has 2 heterocycles. The summed E-state index contributed by atoms with van der Waals surface area (Å²) in [7, 11) is 1.65. The van der Waals surface area contributed by atoms with Crippen molar-refractivity contribution in [2.45, 2.75) is 36.6 Å². The molecule has 0 aliphatic carbocycles. The minimum atomic E-state index is -0.306. The Morgan fingerprint density at radius 3 is 2.79 bits per heavy atom. The van der Waals surface area contributed by atoms with Crippen LogP contribution in [0.15, 0.2) is 29.4 Å². The van der Waals surface area contributed by atoms with Gasteiger partial charge in [-0.2, -0.15) is 0 Å². The summed E-state index contributed by atoms with van der Waals surface area (Å²) in [6.07, 6.45) is 3.06. The number of carbonyl (C=O) groups excluding carboxylic acids is 1. The number of carbonyl (C=O) groups is 1. The molecule has 1 saturated heterocycles. The SMILES string of the molecule is COCCCNC(=O)C(C)Sc1nnc(N2CCCC2)n1-c1ccccc1Cl. The molecule has 3 rings (SSSR count). The van der Waals surface area contributed by atoms with E-state index < -0.39 is 0 Å². The van der Waals surface area contributed by atoms with Gasteiger partial charge in [-0.05, 0) is 38.3 Å². The number of benzene rings is 1. The average molecular weight is 424 g/mol. The Morgan fingerprint density at radius 2 is 2.07 bits per heavy atom. The molecular formula is C19H26ClN5O2S. The van der Waals surface area contributed by atoms with Crippen LogP contribution in [0.5, 0.6) is 0 Å². The smallest absolute Gasteiger partial charge is 0.233 e. The molecule has 1 amide bonds. The zero-order chi connectivity index (χ0) is 19.9. The summed E-state index contributed by atoms with van der Waals surface area (Å²) < 4.78 is 6.98. The summed E-state index contributed by atoms with van der Waals surface area (Å²) in [5, 5.41) is 12.7. The van der Waals surface area contributed by atoms with Crippen LogP contribution in [0.25, 0.3) is 5.69 Å². The Labute approximate surface area is 174 Å².